The molecule has 22 heavy (non-hydrogen) atoms. The second-order valence-corrected chi connectivity index (χ2v) is 5.62. The van der Waals surface area contributed by atoms with E-state index in [9.17, 15) is 4.79 Å². The summed E-state index contributed by atoms with van der Waals surface area (Å²) in [5, 5.41) is 4.86. The maximum absolute atomic E-state index is 12.2. The van der Waals surface area contributed by atoms with E-state index in [0.29, 0.717) is 23.7 Å². The fraction of sp³-hybridized carbons (Fsp3) is 0.167. The van der Waals surface area contributed by atoms with Crippen molar-refractivity contribution in [3.63, 3.8) is 0 Å². The van der Waals surface area contributed by atoms with Crippen molar-refractivity contribution in [3.8, 4) is 0 Å². The van der Waals surface area contributed by atoms with Gasteiger partial charge in [0, 0.05) is 29.1 Å². The topological polar surface area (TPSA) is 42.2 Å². The third kappa shape index (κ3) is 3.15. The van der Waals surface area contributed by atoms with Crippen molar-refractivity contribution in [1.82, 2.24) is 0 Å². The van der Waals surface area contributed by atoms with Gasteiger partial charge in [-0.2, -0.15) is 0 Å². The number of hydrogen-bond acceptors (Lipinski definition) is 3. The van der Waals surface area contributed by atoms with E-state index < -0.39 is 0 Å². The van der Waals surface area contributed by atoms with Crippen molar-refractivity contribution in [2.45, 2.75) is 13.3 Å². The zero-order valence-corrected chi connectivity index (χ0v) is 13.0. The average molecular weight is 314 g/mol. The van der Waals surface area contributed by atoms with Gasteiger partial charge in [0.15, 0.2) is 11.5 Å². The standard InChI is InChI=1S/C18H16ClNO2/c1-12-6-7-14(11-15(12)19)20-9-8-16(21)18-10-13-4-2-3-5-17(13)22-18/h2-7,10-11,20H,8-9H2,1H3. The van der Waals surface area contributed by atoms with Crippen LogP contribution >= 0.6 is 11.6 Å². The molecule has 0 amide bonds. The fourth-order valence-corrected chi connectivity index (χ4v) is 2.45. The van der Waals surface area contributed by atoms with Gasteiger partial charge >= 0.3 is 0 Å². The molecule has 0 saturated carbocycles. The van der Waals surface area contributed by atoms with E-state index >= 15 is 0 Å². The molecule has 3 rings (SSSR count). The van der Waals surface area contributed by atoms with Crippen molar-refractivity contribution >= 4 is 34.0 Å². The number of aryl methyl sites for hydroxylation is 1. The molecule has 0 radical (unpaired) electrons. The van der Waals surface area contributed by atoms with Crippen molar-refractivity contribution in [2.24, 2.45) is 0 Å². The number of halogens is 1. The highest BCUT2D eigenvalue weighted by molar-refractivity contribution is 6.31. The fourth-order valence-electron chi connectivity index (χ4n) is 2.27. The van der Waals surface area contributed by atoms with Gasteiger partial charge in [0.25, 0.3) is 0 Å². The number of furan rings is 1. The normalized spacial score (nSPS) is 10.8. The van der Waals surface area contributed by atoms with Gasteiger partial charge in [0.2, 0.25) is 0 Å². The van der Waals surface area contributed by atoms with E-state index in [-0.39, 0.29) is 5.78 Å². The monoisotopic (exact) mass is 313 g/mol. The predicted octanol–water partition coefficient (Wildman–Crippen LogP) is 5.08. The Morgan fingerprint density at radius 2 is 2.00 bits per heavy atom. The van der Waals surface area contributed by atoms with Gasteiger partial charge in [-0.25, -0.2) is 0 Å². The van der Waals surface area contributed by atoms with Gasteiger partial charge < -0.3 is 9.73 Å². The van der Waals surface area contributed by atoms with Crippen LogP contribution in [0.25, 0.3) is 11.0 Å². The van der Waals surface area contributed by atoms with Crippen molar-refractivity contribution in [2.75, 3.05) is 11.9 Å². The number of benzene rings is 2. The van der Waals surface area contributed by atoms with Crippen LogP contribution < -0.4 is 5.32 Å². The molecule has 1 aromatic heterocycles. The summed E-state index contributed by atoms with van der Waals surface area (Å²) in [5.41, 5.74) is 2.68. The molecule has 1 N–H and O–H groups in total. The third-order valence-electron chi connectivity index (χ3n) is 3.55. The number of ketones is 1. The number of anilines is 1. The molecule has 0 saturated heterocycles. The average Bonchev–Trinajstić information content (AvgIpc) is 2.95. The first-order valence-electron chi connectivity index (χ1n) is 7.15. The predicted molar refractivity (Wildman–Crippen MR) is 89.8 cm³/mol. The van der Waals surface area contributed by atoms with E-state index in [2.05, 4.69) is 5.32 Å². The molecule has 0 fully saturated rings. The molecule has 1 heterocycles. The SMILES string of the molecule is Cc1ccc(NCCC(=O)c2cc3ccccc3o2)cc1Cl. The molecule has 0 unspecified atom stereocenters. The zero-order chi connectivity index (χ0) is 15.5. The maximum atomic E-state index is 12.2. The van der Waals surface area contributed by atoms with Crippen LogP contribution in [0.3, 0.4) is 0 Å². The molecular weight excluding hydrogens is 298 g/mol. The summed E-state index contributed by atoms with van der Waals surface area (Å²) in [6.45, 7) is 2.49. The quantitative estimate of drug-likeness (QED) is 0.668. The van der Waals surface area contributed by atoms with E-state index in [1.54, 1.807) is 6.07 Å². The highest BCUT2D eigenvalue weighted by Gasteiger charge is 2.11. The first kappa shape index (κ1) is 14.7. The molecule has 0 bridgehead atoms. The van der Waals surface area contributed by atoms with Crippen molar-refractivity contribution in [1.29, 1.82) is 0 Å². The van der Waals surface area contributed by atoms with Crippen LogP contribution in [-0.2, 0) is 0 Å². The molecule has 0 spiro atoms. The third-order valence-corrected chi connectivity index (χ3v) is 3.96. The first-order chi connectivity index (χ1) is 10.6. The van der Waals surface area contributed by atoms with Gasteiger partial charge in [-0.3, -0.25) is 4.79 Å². The summed E-state index contributed by atoms with van der Waals surface area (Å²) in [4.78, 5) is 12.2. The van der Waals surface area contributed by atoms with Crippen LogP contribution in [0.5, 0.6) is 0 Å². The Balaban J connectivity index is 1.61. The second kappa shape index (κ2) is 6.24. The largest absolute Gasteiger partial charge is 0.453 e. The van der Waals surface area contributed by atoms with Crippen molar-refractivity contribution in [3.05, 3.63) is 64.9 Å². The van der Waals surface area contributed by atoms with Gasteiger partial charge in [0.1, 0.15) is 5.58 Å². The Hall–Kier alpha value is -2.26. The van der Waals surface area contributed by atoms with Crippen molar-refractivity contribution < 1.29 is 9.21 Å². The minimum atomic E-state index is -0.0121. The molecule has 0 atom stereocenters. The Morgan fingerprint density at radius 3 is 2.77 bits per heavy atom. The van der Waals surface area contributed by atoms with Crippen LogP contribution in [-0.4, -0.2) is 12.3 Å². The number of nitrogens with one attached hydrogen (secondary N) is 1. The molecular formula is C18H16ClNO2. The Labute approximate surface area is 133 Å². The number of carbonyl (C=O) groups excluding carboxylic acids is 1. The minimum Gasteiger partial charge on any atom is -0.453 e. The number of rotatable bonds is 5. The lowest BCUT2D eigenvalue weighted by molar-refractivity contribution is 0.0962. The molecule has 112 valence electrons. The number of carbonyl (C=O) groups is 1. The minimum absolute atomic E-state index is 0.0121. The summed E-state index contributed by atoms with van der Waals surface area (Å²) >= 11 is 6.07. The van der Waals surface area contributed by atoms with Crippen LogP contribution in [0.15, 0.2) is 52.9 Å². The molecule has 3 aromatic rings. The number of Topliss-reactive ketones (excluding diaryl/α,β-unsaturated/α-hetero) is 1. The number of fused-ring (bicyclic) bond motifs is 1. The summed E-state index contributed by atoms with van der Waals surface area (Å²) in [5.74, 6) is 0.395. The molecule has 0 aliphatic heterocycles. The first-order valence-corrected chi connectivity index (χ1v) is 7.53. The molecule has 4 heteroatoms. The van der Waals surface area contributed by atoms with Crippen LogP contribution in [0, 0.1) is 6.92 Å². The number of hydrogen-bond donors (Lipinski definition) is 1. The van der Waals surface area contributed by atoms with Gasteiger partial charge in [-0.05, 0) is 36.8 Å². The van der Waals surface area contributed by atoms with Gasteiger partial charge in [-0.15, -0.1) is 0 Å². The Bertz CT molecular complexity index is 790. The molecule has 3 nitrogen and oxygen atoms in total. The lowest BCUT2D eigenvalue weighted by atomic mass is 10.2. The van der Waals surface area contributed by atoms with E-state index in [1.165, 1.54) is 0 Å². The smallest absolute Gasteiger partial charge is 0.199 e. The highest BCUT2D eigenvalue weighted by Crippen LogP contribution is 2.21. The maximum Gasteiger partial charge on any atom is 0.199 e. The van der Waals surface area contributed by atoms with Crippen LogP contribution in [0.1, 0.15) is 22.5 Å². The summed E-state index contributed by atoms with van der Waals surface area (Å²) in [6, 6.07) is 15.2. The summed E-state index contributed by atoms with van der Waals surface area (Å²) in [6.07, 6.45) is 0.366. The van der Waals surface area contributed by atoms with E-state index in [1.807, 2.05) is 49.4 Å². The number of para-hydroxylation sites is 1. The highest BCUT2D eigenvalue weighted by atomic mass is 35.5. The Kier molecular flexibility index (Phi) is 4.16. The van der Waals surface area contributed by atoms with Crippen LogP contribution in [0.2, 0.25) is 5.02 Å². The molecule has 0 aliphatic carbocycles. The van der Waals surface area contributed by atoms with E-state index in [0.717, 1.165) is 22.2 Å². The van der Waals surface area contributed by atoms with E-state index in [4.69, 9.17) is 16.0 Å². The summed E-state index contributed by atoms with van der Waals surface area (Å²) in [7, 11) is 0. The zero-order valence-electron chi connectivity index (χ0n) is 12.2. The van der Waals surface area contributed by atoms with Crippen LogP contribution in [0.4, 0.5) is 5.69 Å². The van der Waals surface area contributed by atoms with Gasteiger partial charge in [0.05, 0.1) is 0 Å². The molecule has 2 aromatic carbocycles. The lowest BCUT2D eigenvalue weighted by Gasteiger charge is -2.06. The molecule has 0 aliphatic rings. The Morgan fingerprint density at radius 1 is 1.18 bits per heavy atom. The second-order valence-electron chi connectivity index (χ2n) is 5.21. The van der Waals surface area contributed by atoms with Gasteiger partial charge in [-0.1, -0.05) is 35.9 Å². The lowest BCUT2D eigenvalue weighted by Crippen LogP contribution is -2.08. The summed E-state index contributed by atoms with van der Waals surface area (Å²) < 4.78 is 5.57.